The van der Waals surface area contributed by atoms with Crippen LogP contribution >= 0.6 is 8.30 Å². The number of rotatable bonds is 6. The first-order chi connectivity index (χ1) is 10.9. The van der Waals surface area contributed by atoms with E-state index < -0.39 is 8.30 Å². The Bertz CT molecular complexity index is 575. The molecule has 0 aliphatic heterocycles. The number of anilines is 1. The van der Waals surface area contributed by atoms with Gasteiger partial charge in [0.05, 0.1) is 0 Å². The monoisotopic (exact) mass is 307 g/mol. The van der Waals surface area contributed by atoms with Crippen molar-refractivity contribution < 1.29 is 4.52 Å². The van der Waals surface area contributed by atoms with Crippen molar-refractivity contribution in [3.63, 3.8) is 0 Å². The lowest BCUT2D eigenvalue weighted by molar-refractivity contribution is 0.616. The van der Waals surface area contributed by atoms with Gasteiger partial charge in [0.15, 0.2) is 8.30 Å². The van der Waals surface area contributed by atoms with E-state index in [1.807, 2.05) is 54.6 Å². The molecule has 0 aromatic heterocycles. The highest BCUT2D eigenvalue weighted by Crippen LogP contribution is 2.41. The standard InChI is InChI=1S/C19H18NOP/c1-4-10-17(11-5-1)16-22(20-18-12-6-2-7-13-18)21-19-14-8-3-9-15-19/h1-15,20H,16H2. The maximum atomic E-state index is 6.18. The Kier molecular flexibility index (Phi) is 5.07. The zero-order valence-corrected chi connectivity index (χ0v) is 13.1. The Morgan fingerprint density at radius 3 is 1.86 bits per heavy atom. The number of para-hydroxylation sites is 2. The van der Waals surface area contributed by atoms with E-state index in [0.717, 1.165) is 17.6 Å². The van der Waals surface area contributed by atoms with E-state index in [9.17, 15) is 0 Å². The molecule has 0 radical (unpaired) electrons. The summed E-state index contributed by atoms with van der Waals surface area (Å²) >= 11 is 0. The molecule has 0 saturated heterocycles. The molecule has 3 heteroatoms. The third-order valence-electron chi connectivity index (χ3n) is 3.16. The largest absolute Gasteiger partial charge is 0.453 e. The van der Waals surface area contributed by atoms with Crippen LogP contribution in [0.15, 0.2) is 91.0 Å². The first-order valence-corrected chi connectivity index (χ1v) is 8.71. The summed E-state index contributed by atoms with van der Waals surface area (Å²) in [6.45, 7) is 0. The predicted molar refractivity (Wildman–Crippen MR) is 94.2 cm³/mol. The smallest absolute Gasteiger partial charge is 0.193 e. The van der Waals surface area contributed by atoms with Crippen molar-refractivity contribution in [1.29, 1.82) is 0 Å². The minimum Gasteiger partial charge on any atom is -0.453 e. The van der Waals surface area contributed by atoms with E-state index in [-0.39, 0.29) is 0 Å². The minimum absolute atomic E-state index is 0.840. The Labute approximate surface area is 132 Å². The van der Waals surface area contributed by atoms with Crippen LogP contribution in [-0.2, 0) is 6.16 Å². The molecule has 110 valence electrons. The lowest BCUT2D eigenvalue weighted by Crippen LogP contribution is -2.01. The summed E-state index contributed by atoms with van der Waals surface area (Å²) in [6, 6.07) is 30.6. The van der Waals surface area contributed by atoms with Crippen LogP contribution in [0.3, 0.4) is 0 Å². The zero-order valence-electron chi connectivity index (χ0n) is 12.2. The highest BCUT2D eigenvalue weighted by Gasteiger charge is 2.12. The molecule has 0 aliphatic carbocycles. The third-order valence-corrected chi connectivity index (χ3v) is 4.75. The molecule has 2 nitrogen and oxygen atoms in total. The molecule has 0 saturated carbocycles. The van der Waals surface area contributed by atoms with Crippen molar-refractivity contribution in [3.8, 4) is 5.75 Å². The van der Waals surface area contributed by atoms with Gasteiger partial charge >= 0.3 is 0 Å². The summed E-state index contributed by atoms with van der Waals surface area (Å²) < 4.78 is 6.18. The lowest BCUT2D eigenvalue weighted by atomic mass is 10.2. The van der Waals surface area contributed by atoms with E-state index in [1.54, 1.807) is 0 Å². The summed E-state index contributed by atoms with van der Waals surface area (Å²) in [5, 5.41) is 3.52. The topological polar surface area (TPSA) is 21.3 Å². The van der Waals surface area contributed by atoms with E-state index in [4.69, 9.17) is 4.52 Å². The van der Waals surface area contributed by atoms with E-state index in [2.05, 4.69) is 41.5 Å². The molecule has 0 heterocycles. The fourth-order valence-electron chi connectivity index (χ4n) is 2.11. The first kappa shape index (κ1) is 14.6. The maximum absolute atomic E-state index is 6.18. The van der Waals surface area contributed by atoms with Crippen molar-refractivity contribution in [1.82, 2.24) is 0 Å². The number of nitrogens with one attached hydrogen (secondary N) is 1. The normalized spacial score (nSPS) is 11.6. The SMILES string of the molecule is c1ccc(CP(Nc2ccccc2)Oc2ccccc2)cc1. The van der Waals surface area contributed by atoms with Crippen LogP contribution in [0.25, 0.3) is 0 Å². The molecule has 0 fully saturated rings. The Hall–Kier alpha value is -2.31. The van der Waals surface area contributed by atoms with Crippen LogP contribution in [0.2, 0.25) is 0 Å². The van der Waals surface area contributed by atoms with E-state index in [1.165, 1.54) is 5.56 Å². The zero-order chi connectivity index (χ0) is 15.0. The van der Waals surface area contributed by atoms with Crippen molar-refractivity contribution in [2.24, 2.45) is 0 Å². The third kappa shape index (κ3) is 4.34. The van der Waals surface area contributed by atoms with Gasteiger partial charge in [-0.3, -0.25) is 0 Å². The van der Waals surface area contributed by atoms with Gasteiger partial charge in [-0.25, -0.2) is 0 Å². The summed E-state index contributed by atoms with van der Waals surface area (Å²) in [6.07, 6.45) is 0.861. The average Bonchev–Trinajstić information content (AvgIpc) is 2.57. The molecule has 1 atom stereocenters. The molecule has 1 unspecified atom stereocenters. The molecule has 0 bridgehead atoms. The number of hydrogen-bond donors (Lipinski definition) is 1. The van der Waals surface area contributed by atoms with Gasteiger partial charge in [-0.15, -0.1) is 0 Å². The summed E-state index contributed by atoms with van der Waals surface area (Å²) in [4.78, 5) is 0. The second-order valence-electron chi connectivity index (χ2n) is 4.90. The van der Waals surface area contributed by atoms with Crippen LogP contribution in [0, 0.1) is 0 Å². The summed E-state index contributed by atoms with van der Waals surface area (Å²) in [7, 11) is -0.840. The van der Waals surface area contributed by atoms with Crippen molar-refractivity contribution in [2.75, 3.05) is 5.09 Å². The molecular formula is C19H18NOP. The number of benzene rings is 3. The van der Waals surface area contributed by atoms with Gasteiger partial charge < -0.3 is 9.61 Å². The van der Waals surface area contributed by atoms with Crippen LogP contribution in [0.5, 0.6) is 5.75 Å². The molecule has 22 heavy (non-hydrogen) atoms. The Morgan fingerprint density at radius 1 is 0.682 bits per heavy atom. The van der Waals surface area contributed by atoms with Crippen molar-refractivity contribution in [2.45, 2.75) is 6.16 Å². The molecule has 0 spiro atoms. The molecule has 3 aromatic carbocycles. The minimum atomic E-state index is -0.840. The van der Waals surface area contributed by atoms with Crippen molar-refractivity contribution in [3.05, 3.63) is 96.6 Å². The highest BCUT2D eigenvalue weighted by atomic mass is 31.2. The van der Waals surface area contributed by atoms with Gasteiger partial charge in [0.25, 0.3) is 0 Å². The van der Waals surface area contributed by atoms with Gasteiger partial charge in [0, 0.05) is 11.8 Å². The van der Waals surface area contributed by atoms with Gasteiger partial charge in [0.2, 0.25) is 0 Å². The number of hydrogen-bond acceptors (Lipinski definition) is 2. The fourth-order valence-corrected chi connectivity index (χ4v) is 3.65. The van der Waals surface area contributed by atoms with Gasteiger partial charge in [-0.2, -0.15) is 0 Å². The highest BCUT2D eigenvalue weighted by molar-refractivity contribution is 7.53. The predicted octanol–water partition coefficient (Wildman–Crippen LogP) is 5.69. The van der Waals surface area contributed by atoms with Gasteiger partial charge in [0.1, 0.15) is 5.75 Å². The van der Waals surface area contributed by atoms with Gasteiger partial charge in [-0.1, -0.05) is 66.7 Å². The Balaban J connectivity index is 1.75. The molecule has 3 aromatic rings. The molecule has 0 aliphatic rings. The van der Waals surface area contributed by atoms with Crippen LogP contribution in [-0.4, -0.2) is 0 Å². The summed E-state index contributed by atoms with van der Waals surface area (Å²) in [5.41, 5.74) is 2.36. The first-order valence-electron chi connectivity index (χ1n) is 7.26. The van der Waals surface area contributed by atoms with Crippen molar-refractivity contribution >= 4 is 14.0 Å². The van der Waals surface area contributed by atoms with Crippen LogP contribution in [0.4, 0.5) is 5.69 Å². The maximum Gasteiger partial charge on any atom is 0.193 e. The van der Waals surface area contributed by atoms with E-state index in [0.29, 0.717) is 0 Å². The lowest BCUT2D eigenvalue weighted by Gasteiger charge is -2.20. The molecule has 1 N–H and O–H groups in total. The molecular weight excluding hydrogens is 289 g/mol. The Morgan fingerprint density at radius 2 is 1.23 bits per heavy atom. The average molecular weight is 307 g/mol. The molecule has 3 rings (SSSR count). The molecule has 0 amide bonds. The summed E-state index contributed by atoms with van der Waals surface area (Å²) in [5.74, 6) is 0.896. The van der Waals surface area contributed by atoms with Crippen LogP contribution in [0.1, 0.15) is 5.56 Å². The second-order valence-corrected chi connectivity index (χ2v) is 6.38. The second kappa shape index (κ2) is 7.63. The van der Waals surface area contributed by atoms with E-state index >= 15 is 0 Å². The quantitative estimate of drug-likeness (QED) is 0.591. The fraction of sp³-hybridized carbons (Fsp3) is 0.0526. The van der Waals surface area contributed by atoms with Crippen LogP contribution < -0.4 is 9.61 Å². The van der Waals surface area contributed by atoms with Gasteiger partial charge in [-0.05, 0) is 29.8 Å².